The topological polar surface area (TPSA) is 30.7 Å². The van der Waals surface area contributed by atoms with Gasteiger partial charge in [0.1, 0.15) is 11.4 Å². The van der Waals surface area contributed by atoms with Gasteiger partial charge in [0.2, 0.25) is 0 Å². The maximum Gasteiger partial charge on any atom is 0.146 e. The van der Waals surface area contributed by atoms with Crippen molar-refractivity contribution in [1.82, 2.24) is 14.5 Å². The summed E-state index contributed by atoms with van der Waals surface area (Å²) >= 11 is 0. The molecule has 0 aliphatic rings. The molecular weight excluding hydrogens is 313 g/mol. The molecule has 3 nitrogen and oxygen atoms in total. The Morgan fingerprint density at radius 2 is 1.25 bits per heavy atom. The first-order chi connectivity index (χ1) is 11.9. The molecule has 24 heavy (non-hydrogen) atoms. The zero-order valence-electron chi connectivity index (χ0n) is 13.0. The largest absolute Gasteiger partial charge is 0.284 e. The van der Waals surface area contributed by atoms with E-state index in [0.29, 0.717) is 0 Å². The maximum absolute atomic E-state index is 4.70. The van der Waals surface area contributed by atoms with Gasteiger partial charge in [-0.05, 0) is 22.7 Å². The van der Waals surface area contributed by atoms with Crippen LogP contribution < -0.4 is 16.2 Å². The third-order valence-corrected chi connectivity index (χ3v) is 6.11. The van der Waals surface area contributed by atoms with Gasteiger partial charge in [-0.1, -0.05) is 66.7 Å². The smallest absolute Gasteiger partial charge is 0.146 e. The first-order valence-electron chi connectivity index (χ1n) is 7.78. The van der Waals surface area contributed by atoms with Crippen LogP contribution in [0.4, 0.5) is 0 Å². The van der Waals surface area contributed by atoms with Crippen LogP contribution in [0.2, 0.25) is 0 Å². The first kappa shape index (κ1) is 14.8. The van der Waals surface area contributed by atoms with E-state index in [2.05, 4.69) is 58.1 Å². The van der Waals surface area contributed by atoms with Crippen molar-refractivity contribution in [2.45, 2.75) is 0 Å². The first-order valence-corrected chi connectivity index (χ1v) is 9.12. The molecule has 2 aromatic heterocycles. The number of rotatable bonds is 4. The molecule has 4 rings (SSSR count). The molecule has 0 spiro atoms. The van der Waals surface area contributed by atoms with Crippen molar-refractivity contribution in [3.05, 3.63) is 97.5 Å². The number of imidazole rings is 1. The molecule has 0 amide bonds. The second kappa shape index (κ2) is 6.77. The summed E-state index contributed by atoms with van der Waals surface area (Å²) in [4.78, 5) is 9.18. The van der Waals surface area contributed by atoms with Gasteiger partial charge < -0.3 is 0 Å². The fourth-order valence-electron chi connectivity index (χ4n) is 2.67. The quantitative estimate of drug-likeness (QED) is 0.539. The molecule has 0 saturated heterocycles. The SMILES string of the molecule is c1ccc(P(c2ccccc2)c2nccn2-c2ccccn2)cc1. The number of benzene rings is 2. The Kier molecular flexibility index (Phi) is 4.18. The van der Waals surface area contributed by atoms with Gasteiger partial charge in [0.15, 0.2) is 0 Å². The van der Waals surface area contributed by atoms with Crippen molar-refractivity contribution < 1.29 is 0 Å². The van der Waals surface area contributed by atoms with Gasteiger partial charge in [0.05, 0.1) is 0 Å². The average molecular weight is 329 g/mol. The molecule has 0 aliphatic carbocycles. The van der Waals surface area contributed by atoms with Gasteiger partial charge in [-0.3, -0.25) is 4.57 Å². The summed E-state index contributed by atoms with van der Waals surface area (Å²) in [5.41, 5.74) is 1.03. The molecule has 0 radical (unpaired) electrons. The van der Waals surface area contributed by atoms with E-state index < -0.39 is 7.92 Å². The van der Waals surface area contributed by atoms with Gasteiger partial charge >= 0.3 is 0 Å². The zero-order valence-corrected chi connectivity index (χ0v) is 13.9. The van der Waals surface area contributed by atoms with E-state index in [1.165, 1.54) is 10.6 Å². The maximum atomic E-state index is 4.70. The van der Waals surface area contributed by atoms with E-state index in [9.17, 15) is 0 Å². The minimum absolute atomic E-state index is 0.742. The molecule has 0 atom stereocenters. The summed E-state index contributed by atoms with van der Waals surface area (Å²) in [5.74, 6) is 0.893. The van der Waals surface area contributed by atoms with Crippen molar-refractivity contribution >= 4 is 24.1 Å². The summed E-state index contributed by atoms with van der Waals surface area (Å²) in [6, 6.07) is 27.1. The Morgan fingerprint density at radius 3 is 1.83 bits per heavy atom. The van der Waals surface area contributed by atoms with Crippen molar-refractivity contribution in [2.75, 3.05) is 0 Å². The monoisotopic (exact) mass is 329 g/mol. The van der Waals surface area contributed by atoms with Crippen LogP contribution in [0.5, 0.6) is 0 Å². The Labute approximate surface area is 142 Å². The van der Waals surface area contributed by atoms with Crippen LogP contribution in [0.1, 0.15) is 0 Å². The van der Waals surface area contributed by atoms with Crippen molar-refractivity contribution in [2.24, 2.45) is 0 Å². The lowest BCUT2D eigenvalue weighted by Crippen LogP contribution is -2.27. The van der Waals surface area contributed by atoms with Crippen LogP contribution in [-0.2, 0) is 0 Å². The van der Waals surface area contributed by atoms with E-state index in [1.54, 1.807) is 0 Å². The molecule has 4 heteroatoms. The summed E-state index contributed by atoms with van der Waals surface area (Å²) < 4.78 is 2.09. The lowest BCUT2D eigenvalue weighted by molar-refractivity contribution is 1.03. The van der Waals surface area contributed by atoms with E-state index in [1.807, 2.05) is 48.9 Å². The van der Waals surface area contributed by atoms with Gasteiger partial charge in [-0.25, -0.2) is 9.97 Å². The van der Waals surface area contributed by atoms with E-state index in [4.69, 9.17) is 4.98 Å². The molecule has 2 aromatic carbocycles. The highest BCUT2D eigenvalue weighted by Crippen LogP contribution is 2.32. The van der Waals surface area contributed by atoms with Gasteiger partial charge in [-0.2, -0.15) is 0 Å². The molecule has 0 bridgehead atoms. The molecular formula is C20H16N3P. The fraction of sp³-hybridized carbons (Fsp3) is 0. The third-order valence-electron chi connectivity index (χ3n) is 3.75. The lowest BCUT2D eigenvalue weighted by atomic mass is 10.4. The number of nitrogens with zero attached hydrogens (tertiary/aromatic N) is 3. The average Bonchev–Trinajstić information content (AvgIpc) is 3.14. The Hall–Kier alpha value is -2.77. The summed E-state index contributed by atoms with van der Waals surface area (Å²) in [6.07, 6.45) is 5.65. The molecule has 0 fully saturated rings. The van der Waals surface area contributed by atoms with Gasteiger partial charge in [0.25, 0.3) is 0 Å². The van der Waals surface area contributed by atoms with Gasteiger partial charge in [-0.15, -0.1) is 0 Å². The second-order valence-corrected chi connectivity index (χ2v) is 7.40. The molecule has 0 N–H and O–H groups in total. The van der Waals surface area contributed by atoms with Crippen LogP contribution in [0.25, 0.3) is 5.82 Å². The predicted molar refractivity (Wildman–Crippen MR) is 100 cm³/mol. The van der Waals surface area contributed by atoms with E-state index in [0.717, 1.165) is 11.4 Å². The second-order valence-electron chi connectivity index (χ2n) is 5.29. The number of pyridine rings is 1. The van der Waals surface area contributed by atoms with Crippen LogP contribution >= 0.6 is 7.92 Å². The van der Waals surface area contributed by atoms with E-state index >= 15 is 0 Å². The van der Waals surface area contributed by atoms with Crippen LogP contribution in [0, 0.1) is 0 Å². The lowest BCUT2D eigenvalue weighted by Gasteiger charge is -2.19. The van der Waals surface area contributed by atoms with Crippen molar-refractivity contribution in [1.29, 1.82) is 0 Å². The Bertz CT molecular complexity index is 866. The van der Waals surface area contributed by atoms with Crippen LogP contribution in [0.3, 0.4) is 0 Å². The summed E-state index contributed by atoms with van der Waals surface area (Å²) in [6.45, 7) is 0. The normalized spacial score (nSPS) is 10.9. The summed E-state index contributed by atoms with van der Waals surface area (Å²) in [7, 11) is -0.742. The Balaban J connectivity index is 1.89. The molecule has 4 aromatic rings. The fourth-order valence-corrected chi connectivity index (χ4v) is 4.94. The number of hydrogen-bond acceptors (Lipinski definition) is 2. The molecule has 0 unspecified atom stereocenters. The highest BCUT2D eigenvalue weighted by molar-refractivity contribution is 7.79. The third kappa shape index (κ3) is 2.86. The summed E-state index contributed by atoms with van der Waals surface area (Å²) in [5, 5.41) is 2.56. The molecule has 2 heterocycles. The minimum Gasteiger partial charge on any atom is -0.284 e. The van der Waals surface area contributed by atoms with E-state index in [-0.39, 0.29) is 0 Å². The minimum atomic E-state index is -0.742. The van der Waals surface area contributed by atoms with Crippen molar-refractivity contribution in [3.63, 3.8) is 0 Å². The predicted octanol–water partition coefficient (Wildman–Crippen LogP) is 3.03. The Morgan fingerprint density at radius 1 is 0.625 bits per heavy atom. The number of aromatic nitrogens is 3. The molecule has 116 valence electrons. The van der Waals surface area contributed by atoms with Crippen LogP contribution in [0.15, 0.2) is 97.5 Å². The van der Waals surface area contributed by atoms with Crippen LogP contribution in [-0.4, -0.2) is 14.5 Å². The molecule has 0 aliphatic heterocycles. The highest BCUT2D eigenvalue weighted by atomic mass is 31.1. The zero-order chi connectivity index (χ0) is 16.2. The van der Waals surface area contributed by atoms with Gasteiger partial charge in [0, 0.05) is 26.5 Å². The highest BCUT2D eigenvalue weighted by Gasteiger charge is 2.21. The number of hydrogen-bond donors (Lipinski definition) is 0. The standard InChI is InChI=1S/C20H16N3P/c1-3-9-17(10-4-1)24(18-11-5-2-6-12-18)20-22-15-16-23(20)19-13-7-8-14-21-19/h1-16H. The molecule has 0 saturated carbocycles. The van der Waals surface area contributed by atoms with Crippen molar-refractivity contribution in [3.8, 4) is 5.82 Å².